The molecule has 0 spiro atoms. The first-order valence-corrected chi connectivity index (χ1v) is 7.78. The number of aliphatic hydroxyl groups is 4. The SMILES string of the molecule is CNc1cc(COC(C)=O)ccc1O[C@H]1O[C@H](CO)[C@@H](O)[C@H](O)[C@@H]1O. The molecule has 1 fully saturated rings. The van der Waals surface area contributed by atoms with E-state index >= 15 is 0 Å². The maximum atomic E-state index is 10.9. The Kier molecular flexibility index (Phi) is 6.57. The molecule has 0 saturated carbocycles. The molecule has 1 saturated heterocycles. The van der Waals surface area contributed by atoms with Crippen molar-refractivity contribution >= 4 is 11.7 Å². The number of rotatable bonds is 6. The lowest BCUT2D eigenvalue weighted by molar-refractivity contribution is -0.277. The van der Waals surface area contributed by atoms with E-state index in [0.29, 0.717) is 11.4 Å². The molecule has 9 nitrogen and oxygen atoms in total. The minimum atomic E-state index is -1.52. The van der Waals surface area contributed by atoms with Gasteiger partial charge in [-0.3, -0.25) is 4.79 Å². The van der Waals surface area contributed by atoms with Crippen molar-refractivity contribution in [3.8, 4) is 5.75 Å². The number of hydrogen-bond acceptors (Lipinski definition) is 9. The Morgan fingerprint density at radius 3 is 2.56 bits per heavy atom. The quantitative estimate of drug-likeness (QED) is 0.405. The summed E-state index contributed by atoms with van der Waals surface area (Å²) >= 11 is 0. The summed E-state index contributed by atoms with van der Waals surface area (Å²) in [6.45, 7) is 0.880. The predicted octanol–water partition coefficient (Wildman–Crippen LogP) is -1.03. The number of carbonyl (C=O) groups is 1. The van der Waals surface area contributed by atoms with E-state index in [0.717, 1.165) is 5.56 Å². The summed E-state index contributed by atoms with van der Waals surface area (Å²) < 4.78 is 15.8. The first-order chi connectivity index (χ1) is 11.9. The van der Waals surface area contributed by atoms with Gasteiger partial charge in [0.2, 0.25) is 6.29 Å². The molecule has 0 amide bonds. The molecular weight excluding hydrogens is 334 g/mol. The van der Waals surface area contributed by atoms with Crippen molar-refractivity contribution in [2.45, 2.75) is 44.2 Å². The zero-order valence-electron chi connectivity index (χ0n) is 14.0. The molecule has 5 atom stereocenters. The Labute approximate surface area is 144 Å². The van der Waals surface area contributed by atoms with E-state index in [9.17, 15) is 25.2 Å². The zero-order chi connectivity index (χ0) is 18.6. The molecule has 9 heteroatoms. The Balaban J connectivity index is 2.14. The van der Waals surface area contributed by atoms with Crippen LogP contribution in [0.25, 0.3) is 0 Å². The van der Waals surface area contributed by atoms with Gasteiger partial charge >= 0.3 is 5.97 Å². The number of hydrogen-bond donors (Lipinski definition) is 5. The molecule has 1 aliphatic rings. The van der Waals surface area contributed by atoms with E-state index in [4.69, 9.17) is 14.2 Å². The highest BCUT2D eigenvalue weighted by atomic mass is 16.7. The van der Waals surface area contributed by atoms with E-state index in [1.54, 1.807) is 25.2 Å². The van der Waals surface area contributed by atoms with Crippen molar-refractivity contribution in [1.82, 2.24) is 0 Å². The largest absolute Gasteiger partial charge is 0.461 e. The molecule has 2 rings (SSSR count). The number of aliphatic hydroxyl groups excluding tert-OH is 4. The highest BCUT2D eigenvalue weighted by molar-refractivity contribution is 5.66. The average molecular weight is 357 g/mol. The summed E-state index contributed by atoms with van der Waals surface area (Å²) in [5, 5.41) is 41.7. The van der Waals surface area contributed by atoms with Crippen molar-refractivity contribution in [2.75, 3.05) is 19.0 Å². The number of esters is 1. The topological polar surface area (TPSA) is 138 Å². The molecule has 0 aromatic heterocycles. The second-order valence-electron chi connectivity index (χ2n) is 5.68. The molecule has 0 bridgehead atoms. The van der Waals surface area contributed by atoms with Crippen molar-refractivity contribution in [1.29, 1.82) is 0 Å². The van der Waals surface area contributed by atoms with E-state index in [-0.39, 0.29) is 6.61 Å². The van der Waals surface area contributed by atoms with Crippen LogP contribution >= 0.6 is 0 Å². The Morgan fingerprint density at radius 2 is 1.96 bits per heavy atom. The molecule has 1 aliphatic heterocycles. The van der Waals surface area contributed by atoms with Crippen molar-refractivity contribution in [3.63, 3.8) is 0 Å². The second-order valence-corrected chi connectivity index (χ2v) is 5.68. The normalized spacial score (nSPS) is 29.1. The summed E-state index contributed by atoms with van der Waals surface area (Å²) in [7, 11) is 1.66. The fourth-order valence-corrected chi connectivity index (χ4v) is 2.44. The molecule has 25 heavy (non-hydrogen) atoms. The van der Waals surface area contributed by atoms with Crippen molar-refractivity contribution in [3.05, 3.63) is 23.8 Å². The van der Waals surface area contributed by atoms with E-state index in [1.807, 2.05) is 0 Å². The number of benzene rings is 1. The average Bonchev–Trinajstić information content (AvgIpc) is 2.60. The van der Waals surface area contributed by atoms with Crippen LogP contribution in [0.4, 0.5) is 5.69 Å². The monoisotopic (exact) mass is 357 g/mol. The molecule has 1 aromatic carbocycles. The number of carbonyl (C=O) groups excluding carboxylic acids is 1. The highest BCUT2D eigenvalue weighted by Gasteiger charge is 2.44. The fraction of sp³-hybridized carbons (Fsp3) is 0.562. The van der Waals surface area contributed by atoms with Gasteiger partial charge in [-0.25, -0.2) is 0 Å². The second kappa shape index (κ2) is 8.45. The van der Waals surface area contributed by atoms with Gasteiger partial charge in [0.1, 0.15) is 36.8 Å². The van der Waals surface area contributed by atoms with Crippen LogP contribution in [-0.4, -0.2) is 70.8 Å². The van der Waals surface area contributed by atoms with E-state index in [2.05, 4.69) is 5.32 Å². The summed E-state index contributed by atoms with van der Waals surface area (Å²) in [5.41, 5.74) is 1.27. The lowest BCUT2D eigenvalue weighted by Crippen LogP contribution is -2.60. The molecule has 0 radical (unpaired) electrons. The standard InChI is InChI=1S/C16H23NO8/c1-8(19)23-7-9-3-4-11(10(5-9)17-2)24-16-15(22)14(21)13(20)12(6-18)25-16/h3-5,12-18,20-22H,6-7H2,1-2H3/t12-,13-,14+,15+,16+/m1/s1. The summed E-state index contributed by atoms with van der Waals surface area (Å²) in [5.74, 6) is -0.0777. The highest BCUT2D eigenvalue weighted by Crippen LogP contribution is 2.30. The van der Waals surface area contributed by atoms with Gasteiger partial charge in [0.05, 0.1) is 12.3 Å². The summed E-state index contributed by atoms with van der Waals surface area (Å²) in [4.78, 5) is 10.9. The minimum Gasteiger partial charge on any atom is -0.461 e. The molecular formula is C16H23NO8. The third-order valence-corrected chi connectivity index (χ3v) is 3.85. The summed E-state index contributed by atoms with van der Waals surface area (Å²) in [6, 6.07) is 4.96. The predicted molar refractivity (Wildman–Crippen MR) is 85.9 cm³/mol. The maximum Gasteiger partial charge on any atom is 0.302 e. The minimum absolute atomic E-state index is 0.102. The Morgan fingerprint density at radius 1 is 1.24 bits per heavy atom. The van der Waals surface area contributed by atoms with Crippen molar-refractivity contribution in [2.24, 2.45) is 0 Å². The van der Waals surface area contributed by atoms with Crippen LogP contribution < -0.4 is 10.1 Å². The van der Waals surface area contributed by atoms with Gasteiger partial charge in [-0.1, -0.05) is 6.07 Å². The Bertz CT molecular complexity index is 593. The van der Waals surface area contributed by atoms with Gasteiger partial charge in [-0.05, 0) is 17.7 Å². The van der Waals surface area contributed by atoms with Crippen LogP contribution in [0.3, 0.4) is 0 Å². The van der Waals surface area contributed by atoms with Crippen LogP contribution in [0.2, 0.25) is 0 Å². The van der Waals surface area contributed by atoms with Gasteiger partial charge in [0.15, 0.2) is 0 Å². The van der Waals surface area contributed by atoms with Crippen LogP contribution in [0, 0.1) is 0 Å². The van der Waals surface area contributed by atoms with Crippen LogP contribution in [0.1, 0.15) is 12.5 Å². The van der Waals surface area contributed by atoms with Gasteiger partial charge in [0.25, 0.3) is 0 Å². The molecule has 0 aliphatic carbocycles. The van der Waals surface area contributed by atoms with E-state index < -0.39 is 43.3 Å². The number of ether oxygens (including phenoxy) is 3. The molecule has 140 valence electrons. The molecule has 1 heterocycles. The third-order valence-electron chi connectivity index (χ3n) is 3.85. The first kappa shape index (κ1) is 19.4. The van der Waals surface area contributed by atoms with Crippen LogP contribution in [-0.2, 0) is 20.9 Å². The summed E-state index contributed by atoms with van der Waals surface area (Å²) in [6.07, 6.45) is -6.79. The zero-order valence-corrected chi connectivity index (χ0v) is 14.0. The van der Waals surface area contributed by atoms with Gasteiger partial charge < -0.3 is 40.0 Å². The first-order valence-electron chi connectivity index (χ1n) is 7.78. The van der Waals surface area contributed by atoms with Gasteiger partial charge in [0, 0.05) is 14.0 Å². The lowest BCUT2D eigenvalue weighted by atomic mass is 9.99. The van der Waals surface area contributed by atoms with Gasteiger partial charge in [-0.2, -0.15) is 0 Å². The molecule has 5 N–H and O–H groups in total. The lowest BCUT2D eigenvalue weighted by Gasteiger charge is -2.39. The number of nitrogens with one attached hydrogen (secondary N) is 1. The third kappa shape index (κ3) is 4.59. The maximum absolute atomic E-state index is 10.9. The molecule has 0 unspecified atom stereocenters. The van der Waals surface area contributed by atoms with E-state index in [1.165, 1.54) is 6.92 Å². The smallest absolute Gasteiger partial charge is 0.302 e. The Hall–Kier alpha value is -1.91. The number of anilines is 1. The molecule has 1 aromatic rings. The van der Waals surface area contributed by atoms with Gasteiger partial charge in [-0.15, -0.1) is 0 Å². The van der Waals surface area contributed by atoms with Crippen LogP contribution in [0.15, 0.2) is 18.2 Å². The van der Waals surface area contributed by atoms with Crippen molar-refractivity contribution < 1.29 is 39.4 Å². The van der Waals surface area contributed by atoms with Crippen LogP contribution in [0.5, 0.6) is 5.75 Å². The fourth-order valence-electron chi connectivity index (χ4n) is 2.44.